The number of rotatable bonds is 2. The smallest absolute Gasteiger partial charge is 0.258 e. The minimum Gasteiger partial charge on any atom is -0.322 e. The fourth-order valence-corrected chi connectivity index (χ4v) is 1.91. The van der Waals surface area contributed by atoms with Crippen LogP contribution in [-0.2, 0) is 0 Å². The Bertz CT molecular complexity index is 679. The van der Waals surface area contributed by atoms with E-state index in [1.165, 1.54) is 18.2 Å². The molecule has 19 heavy (non-hydrogen) atoms. The van der Waals surface area contributed by atoms with Crippen molar-refractivity contribution in [1.82, 2.24) is 0 Å². The minimum atomic E-state index is -0.614. The van der Waals surface area contributed by atoms with Gasteiger partial charge in [-0.15, -0.1) is 0 Å². The average molecular weight is 319 g/mol. The fourth-order valence-electron chi connectivity index (χ4n) is 1.54. The average Bonchev–Trinajstić information content (AvgIpc) is 2.42. The zero-order valence-corrected chi connectivity index (χ0v) is 11.2. The van der Waals surface area contributed by atoms with Gasteiger partial charge in [0.1, 0.15) is 5.82 Å². The van der Waals surface area contributed by atoms with Crippen molar-refractivity contribution in [1.29, 1.82) is 5.26 Å². The molecule has 0 fully saturated rings. The van der Waals surface area contributed by atoms with Crippen LogP contribution in [0.2, 0.25) is 0 Å². The Morgan fingerprint density at radius 1 is 1.26 bits per heavy atom. The summed E-state index contributed by atoms with van der Waals surface area (Å²) in [6.07, 6.45) is 0. The third-order valence-corrected chi connectivity index (χ3v) is 3.06. The van der Waals surface area contributed by atoms with Crippen molar-refractivity contribution < 1.29 is 9.18 Å². The van der Waals surface area contributed by atoms with Crippen molar-refractivity contribution in [3.8, 4) is 6.07 Å². The first-order valence-electron chi connectivity index (χ1n) is 5.37. The molecule has 0 saturated heterocycles. The molecular weight excluding hydrogens is 311 g/mol. The molecule has 3 nitrogen and oxygen atoms in total. The summed E-state index contributed by atoms with van der Waals surface area (Å²) in [7, 11) is 0. The van der Waals surface area contributed by atoms with Crippen LogP contribution in [0.5, 0.6) is 0 Å². The van der Waals surface area contributed by atoms with Crippen LogP contribution in [0.3, 0.4) is 0 Å². The van der Waals surface area contributed by atoms with E-state index < -0.39 is 11.7 Å². The van der Waals surface area contributed by atoms with Crippen molar-refractivity contribution in [2.75, 3.05) is 5.32 Å². The fraction of sp³-hybridized carbons (Fsp3) is 0. The first kappa shape index (κ1) is 13.2. The molecule has 0 spiro atoms. The molecule has 0 radical (unpaired) electrons. The van der Waals surface area contributed by atoms with E-state index in [9.17, 15) is 9.18 Å². The van der Waals surface area contributed by atoms with Crippen molar-refractivity contribution in [2.45, 2.75) is 0 Å². The maximum atomic E-state index is 13.7. The number of amides is 1. The zero-order valence-electron chi connectivity index (χ0n) is 9.65. The highest BCUT2D eigenvalue weighted by Crippen LogP contribution is 2.20. The van der Waals surface area contributed by atoms with Gasteiger partial charge < -0.3 is 5.32 Å². The lowest BCUT2D eigenvalue weighted by Gasteiger charge is -2.07. The highest BCUT2D eigenvalue weighted by molar-refractivity contribution is 9.10. The highest BCUT2D eigenvalue weighted by Gasteiger charge is 2.13. The number of anilines is 1. The van der Waals surface area contributed by atoms with Gasteiger partial charge in [-0.25, -0.2) is 4.39 Å². The monoisotopic (exact) mass is 318 g/mol. The van der Waals surface area contributed by atoms with Crippen molar-refractivity contribution in [2.24, 2.45) is 0 Å². The van der Waals surface area contributed by atoms with Gasteiger partial charge in [-0.2, -0.15) is 5.26 Å². The molecule has 0 aliphatic carbocycles. The van der Waals surface area contributed by atoms with E-state index in [1.807, 2.05) is 6.07 Å². The number of carbonyl (C=O) groups excluding carboxylic acids is 1. The van der Waals surface area contributed by atoms with Crippen molar-refractivity contribution in [3.05, 3.63) is 63.9 Å². The molecule has 2 rings (SSSR count). The molecule has 0 unspecified atom stereocenters. The molecule has 0 aliphatic heterocycles. The summed E-state index contributed by atoms with van der Waals surface area (Å²) in [5.74, 6) is -1.18. The summed E-state index contributed by atoms with van der Waals surface area (Å²) in [4.78, 5) is 11.9. The second kappa shape index (κ2) is 5.63. The Labute approximate surface area is 117 Å². The molecule has 0 aliphatic rings. The number of carbonyl (C=O) groups is 1. The highest BCUT2D eigenvalue weighted by atomic mass is 79.9. The van der Waals surface area contributed by atoms with Gasteiger partial charge in [-0.3, -0.25) is 4.79 Å². The molecule has 1 N–H and O–H groups in total. The van der Waals surface area contributed by atoms with E-state index in [4.69, 9.17) is 5.26 Å². The molecule has 5 heteroatoms. The lowest BCUT2D eigenvalue weighted by atomic mass is 10.1. The summed E-state index contributed by atoms with van der Waals surface area (Å²) >= 11 is 3.02. The first-order valence-corrected chi connectivity index (χ1v) is 6.16. The van der Waals surface area contributed by atoms with Gasteiger partial charge in [0, 0.05) is 5.69 Å². The summed E-state index contributed by atoms with van der Waals surface area (Å²) in [6, 6.07) is 12.9. The summed E-state index contributed by atoms with van der Waals surface area (Å²) < 4.78 is 14.0. The Balaban J connectivity index is 2.26. The van der Waals surface area contributed by atoms with Gasteiger partial charge >= 0.3 is 0 Å². The van der Waals surface area contributed by atoms with Crippen molar-refractivity contribution >= 4 is 27.5 Å². The van der Waals surface area contributed by atoms with Crippen LogP contribution >= 0.6 is 15.9 Å². The van der Waals surface area contributed by atoms with Crippen LogP contribution in [0.4, 0.5) is 10.1 Å². The number of nitrogens with one attached hydrogen (secondary N) is 1. The molecule has 0 bridgehead atoms. The maximum Gasteiger partial charge on any atom is 0.258 e. The Morgan fingerprint density at radius 3 is 2.74 bits per heavy atom. The zero-order chi connectivity index (χ0) is 13.8. The summed E-state index contributed by atoms with van der Waals surface area (Å²) in [6.45, 7) is 0. The van der Waals surface area contributed by atoms with E-state index in [-0.39, 0.29) is 10.0 Å². The van der Waals surface area contributed by atoms with E-state index in [1.54, 1.807) is 24.3 Å². The summed E-state index contributed by atoms with van der Waals surface area (Å²) in [5.41, 5.74) is 0.813. The van der Waals surface area contributed by atoms with E-state index >= 15 is 0 Å². The second-order valence-electron chi connectivity index (χ2n) is 3.75. The number of benzene rings is 2. The minimum absolute atomic E-state index is 0.0586. The van der Waals surface area contributed by atoms with Gasteiger partial charge in [0.25, 0.3) is 5.91 Å². The van der Waals surface area contributed by atoms with Crippen LogP contribution < -0.4 is 5.32 Å². The molecule has 0 atom stereocenters. The van der Waals surface area contributed by atoms with Gasteiger partial charge in [0.2, 0.25) is 0 Å². The van der Waals surface area contributed by atoms with E-state index in [0.717, 1.165) is 0 Å². The van der Waals surface area contributed by atoms with E-state index in [2.05, 4.69) is 21.2 Å². The quantitative estimate of drug-likeness (QED) is 0.917. The van der Waals surface area contributed by atoms with Crippen LogP contribution in [-0.4, -0.2) is 5.91 Å². The molecule has 0 aromatic heterocycles. The standard InChI is InChI=1S/C14H8BrFN2O/c15-12-6-2-5-11(13(12)16)14(19)18-10-4-1-3-9(7-10)8-17/h1-7H,(H,18,19). The molecule has 1 amide bonds. The predicted octanol–water partition coefficient (Wildman–Crippen LogP) is 3.71. The lowest BCUT2D eigenvalue weighted by Crippen LogP contribution is -2.14. The molecule has 94 valence electrons. The third kappa shape index (κ3) is 2.98. The molecular formula is C14H8BrFN2O. The van der Waals surface area contributed by atoms with Crippen LogP contribution in [0, 0.1) is 17.1 Å². The normalized spacial score (nSPS) is 9.74. The maximum absolute atomic E-state index is 13.7. The lowest BCUT2D eigenvalue weighted by molar-refractivity contribution is 0.102. The molecule has 2 aromatic rings. The number of nitriles is 1. The largest absolute Gasteiger partial charge is 0.322 e. The number of nitrogens with zero attached hydrogens (tertiary/aromatic N) is 1. The third-order valence-electron chi connectivity index (χ3n) is 2.45. The van der Waals surface area contributed by atoms with Crippen LogP contribution in [0.15, 0.2) is 46.9 Å². The SMILES string of the molecule is N#Cc1cccc(NC(=O)c2cccc(Br)c2F)c1. The molecule has 0 heterocycles. The Morgan fingerprint density at radius 2 is 2.00 bits per heavy atom. The summed E-state index contributed by atoms with van der Waals surface area (Å²) in [5, 5.41) is 11.3. The van der Waals surface area contributed by atoms with Gasteiger partial charge in [0.05, 0.1) is 21.7 Å². The van der Waals surface area contributed by atoms with Crippen LogP contribution in [0.25, 0.3) is 0 Å². The number of hydrogen-bond acceptors (Lipinski definition) is 2. The Hall–Kier alpha value is -2.19. The number of halogens is 2. The van der Waals surface area contributed by atoms with Gasteiger partial charge in [-0.05, 0) is 46.3 Å². The van der Waals surface area contributed by atoms with Gasteiger partial charge in [0.15, 0.2) is 0 Å². The molecule has 2 aromatic carbocycles. The topological polar surface area (TPSA) is 52.9 Å². The van der Waals surface area contributed by atoms with Crippen molar-refractivity contribution in [3.63, 3.8) is 0 Å². The predicted molar refractivity (Wildman–Crippen MR) is 73.2 cm³/mol. The second-order valence-corrected chi connectivity index (χ2v) is 4.60. The van der Waals surface area contributed by atoms with Crippen LogP contribution in [0.1, 0.15) is 15.9 Å². The number of hydrogen-bond donors (Lipinski definition) is 1. The van der Waals surface area contributed by atoms with Gasteiger partial charge in [-0.1, -0.05) is 12.1 Å². The first-order chi connectivity index (χ1) is 9.11. The van der Waals surface area contributed by atoms with E-state index in [0.29, 0.717) is 11.3 Å². The molecule has 0 saturated carbocycles. The Kier molecular flexibility index (Phi) is 3.93.